The van der Waals surface area contributed by atoms with Crippen LogP contribution in [0.4, 0.5) is 14.6 Å². The zero-order valence-corrected chi connectivity index (χ0v) is 21.3. The number of aliphatic imine (C=N–C) groups is 1. The van der Waals surface area contributed by atoms with Crippen LogP contribution in [0.1, 0.15) is 36.6 Å². The average molecular weight is 527 g/mol. The minimum absolute atomic E-state index is 0.00220. The molecule has 3 atom stereocenters. The second-order valence-corrected chi connectivity index (χ2v) is 11.4. The second-order valence-electron chi connectivity index (χ2n) is 10.1. The molecule has 8 nitrogen and oxygen atoms in total. The number of hydrogen-bond acceptors (Lipinski definition) is 8. The SMILES string of the molecule is C[C@]1(c2cc(/C=C(\F)c3cnc(N4CCC4)cn3)ccc2F)N=C(N)S[C@@]2(C(=O)N3CCOCC3)C[C@H]21. The number of hydrogen-bond donors (Lipinski definition) is 1. The zero-order chi connectivity index (χ0) is 25.8. The third kappa shape index (κ3) is 4.17. The molecule has 0 spiro atoms. The van der Waals surface area contributed by atoms with E-state index < -0.39 is 21.9 Å². The summed E-state index contributed by atoms with van der Waals surface area (Å²) in [6.07, 6.45) is 5.94. The number of halogens is 2. The zero-order valence-electron chi connectivity index (χ0n) is 20.5. The Hall–Kier alpha value is -3.05. The number of rotatable bonds is 5. The van der Waals surface area contributed by atoms with Gasteiger partial charge in [-0.2, -0.15) is 0 Å². The molecular formula is C26H28F2N6O2S. The Labute approximate surface area is 218 Å². The molecule has 2 aromatic rings. The number of fused-ring (bicyclic) bond motifs is 1. The van der Waals surface area contributed by atoms with Gasteiger partial charge in [0.05, 0.1) is 31.1 Å². The molecule has 3 aliphatic heterocycles. The maximum Gasteiger partial charge on any atom is 0.239 e. The Morgan fingerprint density at radius 2 is 2.00 bits per heavy atom. The number of ether oxygens (including phenoxy) is 1. The Morgan fingerprint density at radius 1 is 1.22 bits per heavy atom. The van der Waals surface area contributed by atoms with Crippen LogP contribution >= 0.6 is 11.8 Å². The first-order valence-electron chi connectivity index (χ1n) is 12.5. The van der Waals surface area contributed by atoms with E-state index in [0.29, 0.717) is 38.3 Å². The predicted molar refractivity (Wildman–Crippen MR) is 139 cm³/mol. The molecule has 3 fully saturated rings. The van der Waals surface area contributed by atoms with Gasteiger partial charge in [0.25, 0.3) is 0 Å². The van der Waals surface area contributed by atoms with Crippen molar-refractivity contribution in [3.05, 3.63) is 53.2 Å². The smallest absolute Gasteiger partial charge is 0.239 e. The Balaban J connectivity index is 1.28. The third-order valence-electron chi connectivity index (χ3n) is 7.77. The molecule has 0 unspecified atom stereocenters. The molecular weight excluding hydrogens is 498 g/mol. The standard InChI is InChI=1S/C26H28F2N6O2S/c1-25(21-13-26(21,37-24(29)32-25)23(35)34-7-9-36-10-8-34)17-11-16(3-4-18(17)27)12-19(28)20-14-31-22(15-30-20)33-5-2-6-33/h3-4,11-12,14-15,21H,2,5-10,13H2,1H3,(H2,29,32)/b19-12-/t21-,25+,26-/m0/s1. The number of aromatic nitrogens is 2. The quantitative estimate of drug-likeness (QED) is 0.639. The number of carbonyl (C=O) groups excluding carboxylic acids is 1. The van der Waals surface area contributed by atoms with Crippen LogP contribution in [0.25, 0.3) is 11.9 Å². The van der Waals surface area contributed by atoms with E-state index in [2.05, 4.69) is 19.9 Å². The molecule has 0 bridgehead atoms. The first-order chi connectivity index (χ1) is 17.8. The highest BCUT2D eigenvalue weighted by molar-refractivity contribution is 8.15. The van der Waals surface area contributed by atoms with Crippen LogP contribution in [0.15, 0.2) is 35.6 Å². The van der Waals surface area contributed by atoms with Crippen molar-refractivity contribution in [2.24, 2.45) is 16.6 Å². The summed E-state index contributed by atoms with van der Waals surface area (Å²) in [5.41, 5.74) is 6.02. The second kappa shape index (κ2) is 9.05. The van der Waals surface area contributed by atoms with Crippen molar-refractivity contribution in [2.75, 3.05) is 44.3 Å². The summed E-state index contributed by atoms with van der Waals surface area (Å²) in [7, 11) is 0. The van der Waals surface area contributed by atoms with Crippen LogP contribution < -0.4 is 10.6 Å². The number of amides is 1. The Morgan fingerprint density at radius 3 is 2.68 bits per heavy atom. The van der Waals surface area contributed by atoms with Crippen molar-refractivity contribution in [3.8, 4) is 0 Å². The highest BCUT2D eigenvalue weighted by Gasteiger charge is 2.71. The van der Waals surface area contributed by atoms with Crippen LogP contribution in [0.2, 0.25) is 0 Å². The van der Waals surface area contributed by atoms with E-state index in [9.17, 15) is 4.79 Å². The molecule has 1 amide bonds. The molecule has 6 rings (SSSR count). The van der Waals surface area contributed by atoms with Crippen LogP contribution in [-0.4, -0.2) is 70.1 Å². The number of nitrogens with two attached hydrogens (primary N) is 1. The average Bonchev–Trinajstić information content (AvgIpc) is 3.61. The minimum Gasteiger partial charge on any atom is -0.378 e. The monoisotopic (exact) mass is 526 g/mol. The van der Waals surface area contributed by atoms with Gasteiger partial charge in [-0.3, -0.25) is 9.79 Å². The lowest BCUT2D eigenvalue weighted by Crippen LogP contribution is -2.49. The fourth-order valence-corrected chi connectivity index (χ4v) is 6.93. The molecule has 194 valence electrons. The molecule has 1 aromatic heterocycles. The first kappa shape index (κ1) is 24.3. The summed E-state index contributed by atoms with van der Waals surface area (Å²) in [6.45, 7) is 5.70. The largest absolute Gasteiger partial charge is 0.378 e. The molecule has 11 heteroatoms. The summed E-state index contributed by atoms with van der Waals surface area (Å²) >= 11 is 1.27. The Kier molecular flexibility index (Phi) is 5.95. The normalized spacial score (nSPS) is 29.3. The summed E-state index contributed by atoms with van der Waals surface area (Å²) in [6, 6.07) is 4.40. The van der Waals surface area contributed by atoms with Gasteiger partial charge in [-0.1, -0.05) is 17.8 Å². The van der Waals surface area contributed by atoms with Gasteiger partial charge in [0, 0.05) is 37.7 Å². The van der Waals surface area contributed by atoms with Crippen LogP contribution in [0.3, 0.4) is 0 Å². The van der Waals surface area contributed by atoms with Gasteiger partial charge in [0.2, 0.25) is 5.91 Å². The van der Waals surface area contributed by atoms with Crippen molar-refractivity contribution in [1.29, 1.82) is 0 Å². The van der Waals surface area contributed by atoms with Crippen LogP contribution in [0, 0.1) is 11.7 Å². The number of benzene rings is 1. The fourth-order valence-electron chi connectivity index (χ4n) is 5.48. The van der Waals surface area contributed by atoms with Gasteiger partial charge in [-0.25, -0.2) is 18.7 Å². The predicted octanol–water partition coefficient (Wildman–Crippen LogP) is 3.19. The van der Waals surface area contributed by atoms with Gasteiger partial charge in [0.15, 0.2) is 11.0 Å². The lowest BCUT2D eigenvalue weighted by atomic mass is 9.84. The van der Waals surface area contributed by atoms with Gasteiger partial charge >= 0.3 is 0 Å². The van der Waals surface area contributed by atoms with E-state index in [-0.39, 0.29) is 28.3 Å². The number of anilines is 1. The highest BCUT2D eigenvalue weighted by atomic mass is 32.2. The van der Waals surface area contributed by atoms with Crippen molar-refractivity contribution in [3.63, 3.8) is 0 Å². The van der Waals surface area contributed by atoms with Crippen LogP contribution in [-0.2, 0) is 15.1 Å². The van der Waals surface area contributed by atoms with Gasteiger partial charge in [-0.05, 0) is 43.5 Å². The van der Waals surface area contributed by atoms with E-state index in [1.807, 2.05) is 0 Å². The Bertz CT molecular complexity index is 1290. The van der Waals surface area contributed by atoms with E-state index >= 15 is 8.78 Å². The molecule has 0 radical (unpaired) electrons. The third-order valence-corrected chi connectivity index (χ3v) is 9.06. The van der Waals surface area contributed by atoms with E-state index in [0.717, 1.165) is 25.3 Å². The number of thioether (sulfide) groups is 1. The van der Waals surface area contributed by atoms with Gasteiger partial charge < -0.3 is 20.3 Å². The molecule has 4 aliphatic rings. The molecule has 1 aliphatic carbocycles. The number of carbonyl (C=O) groups is 1. The number of morpholine rings is 1. The molecule has 2 saturated heterocycles. The molecule has 2 N–H and O–H groups in total. The molecule has 1 saturated carbocycles. The van der Waals surface area contributed by atoms with Crippen LogP contribution in [0.5, 0.6) is 0 Å². The highest BCUT2D eigenvalue weighted by Crippen LogP contribution is 2.66. The van der Waals surface area contributed by atoms with Crippen molar-refractivity contribution in [1.82, 2.24) is 14.9 Å². The van der Waals surface area contributed by atoms with E-state index in [1.54, 1.807) is 24.1 Å². The number of amidine groups is 1. The lowest BCUT2D eigenvalue weighted by molar-refractivity contribution is -0.135. The fraction of sp³-hybridized carbons (Fsp3) is 0.462. The van der Waals surface area contributed by atoms with E-state index in [1.165, 1.54) is 36.2 Å². The van der Waals surface area contributed by atoms with Crippen molar-refractivity contribution < 1.29 is 18.3 Å². The number of nitrogens with zero attached hydrogens (tertiary/aromatic N) is 5. The summed E-state index contributed by atoms with van der Waals surface area (Å²) in [5.74, 6) is -0.550. The maximum atomic E-state index is 15.2. The topological polar surface area (TPSA) is 96.9 Å². The lowest BCUT2D eigenvalue weighted by Gasteiger charge is -2.36. The maximum absolute atomic E-state index is 15.2. The molecule has 37 heavy (non-hydrogen) atoms. The van der Waals surface area contributed by atoms with Gasteiger partial charge in [-0.15, -0.1) is 0 Å². The minimum atomic E-state index is -1.06. The van der Waals surface area contributed by atoms with E-state index in [4.69, 9.17) is 10.5 Å². The van der Waals surface area contributed by atoms with Gasteiger partial charge in [0.1, 0.15) is 22.1 Å². The summed E-state index contributed by atoms with van der Waals surface area (Å²) in [4.78, 5) is 30.5. The molecule has 4 heterocycles. The molecule has 1 aromatic carbocycles. The summed E-state index contributed by atoms with van der Waals surface area (Å²) in [5, 5.41) is 0.252. The summed E-state index contributed by atoms with van der Waals surface area (Å²) < 4.78 is 34.9. The first-order valence-corrected chi connectivity index (χ1v) is 13.3. The van der Waals surface area contributed by atoms with Crippen molar-refractivity contribution in [2.45, 2.75) is 30.1 Å². The van der Waals surface area contributed by atoms with Crippen molar-refractivity contribution >= 4 is 40.6 Å².